The van der Waals surface area contributed by atoms with Gasteiger partial charge in [0.1, 0.15) is 0 Å². The van der Waals surface area contributed by atoms with Crippen LogP contribution in [0.4, 0.5) is 5.69 Å². The zero-order valence-electron chi connectivity index (χ0n) is 18.9. The summed E-state index contributed by atoms with van der Waals surface area (Å²) in [5.41, 5.74) is 4.15. The number of unbranched alkanes of at least 4 members (excludes halogenated alkanes) is 10. The Balaban J connectivity index is 2.29. The van der Waals surface area contributed by atoms with Gasteiger partial charge in [-0.15, -0.1) is 0 Å². The zero-order valence-corrected chi connectivity index (χ0v) is 19.8. The second-order valence-corrected chi connectivity index (χ2v) is 10.5. The molecule has 0 amide bonds. The molecule has 0 atom stereocenters. The molecule has 0 aliphatic rings. The van der Waals surface area contributed by atoms with Crippen LogP contribution in [0, 0.1) is 13.8 Å². The maximum Gasteiger partial charge on any atom is 0.232 e. The molecule has 3 nitrogen and oxygen atoms in total. The van der Waals surface area contributed by atoms with E-state index in [1.54, 1.807) is 0 Å². The van der Waals surface area contributed by atoms with Crippen LogP contribution in [0.15, 0.2) is 12.1 Å². The molecule has 0 saturated carbocycles. The lowest BCUT2D eigenvalue weighted by molar-refractivity contribution is 0.552. The topological polar surface area (TPSA) is 46.2 Å². The van der Waals surface area contributed by atoms with E-state index in [0.717, 1.165) is 30.5 Å². The first-order valence-electron chi connectivity index (χ1n) is 11.4. The van der Waals surface area contributed by atoms with E-state index in [9.17, 15) is 8.42 Å². The molecule has 0 bridgehead atoms. The number of anilines is 1. The first kappa shape index (κ1) is 25.0. The van der Waals surface area contributed by atoms with Crippen LogP contribution in [0.25, 0.3) is 0 Å². The predicted octanol–water partition coefficient (Wildman–Crippen LogP) is 7.48. The summed E-state index contributed by atoms with van der Waals surface area (Å²) in [6.45, 7) is 10.6. The van der Waals surface area contributed by atoms with Crippen LogP contribution in [0.1, 0.15) is 114 Å². The fourth-order valence-electron chi connectivity index (χ4n) is 3.78. The summed E-state index contributed by atoms with van der Waals surface area (Å²) < 4.78 is 27.8. The lowest BCUT2D eigenvalue weighted by Gasteiger charge is -2.16. The Bertz CT molecular complexity index is 665. The monoisotopic (exact) mass is 409 g/mol. The lowest BCUT2D eigenvalue weighted by atomic mass is 9.95. The molecule has 0 spiro atoms. The molecule has 4 heteroatoms. The highest BCUT2D eigenvalue weighted by Gasteiger charge is 2.14. The van der Waals surface area contributed by atoms with Crippen LogP contribution in [0.2, 0.25) is 0 Å². The number of sulfonamides is 1. The number of rotatable bonds is 15. The average Bonchev–Trinajstić information content (AvgIpc) is 2.61. The highest BCUT2D eigenvalue weighted by Crippen LogP contribution is 2.27. The van der Waals surface area contributed by atoms with Gasteiger partial charge in [0.2, 0.25) is 10.0 Å². The van der Waals surface area contributed by atoms with E-state index in [1.165, 1.54) is 62.5 Å². The van der Waals surface area contributed by atoms with Crippen LogP contribution >= 0.6 is 0 Å². The van der Waals surface area contributed by atoms with Crippen molar-refractivity contribution in [3.63, 3.8) is 0 Å². The fourth-order valence-corrected chi connectivity index (χ4v) is 5.02. The Labute approximate surface area is 174 Å². The van der Waals surface area contributed by atoms with Gasteiger partial charge in [-0.3, -0.25) is 4.72 Å². The third-order valence-electron chi connectivity index (χ3n) is 5.52. The molecule has 1 aromatic rings. The van der Waals surface area contributed by atoms with Crippen LogP contribution in [0.3, 0.4) is 0 Å². The Kier molecular flexibility index (Phi) is 11.8. The number of nitrogens with one attached hydrogen (secondary N) is 1. The number of aryl methyl sites for hydroxylation is 2. The van der Waals surface area contributed by atoms with Gasteiger partial charge in [0.05, 0.1) is 11.4 Å². The van der Waals surface area contributed by atoms with Gasteiger partial charge in [-0.05, 0) is 48.9 Å². The van der Waals surface area contributed by atoms with E-state index in [1.807, 2.05) is 13.0 Å². The Morgan fingerprint density at radius 1 is 0.786 bits per heavy atom. The molecule has 28 heavy (non-hydrogen) atoms. The van der Waals surface area contributed by atoms with Crippen molar-refractivity contribution < 1.29 is 8.42 Å². The van der Waals surface area contributed by atoms with Gasteiger partial charge in [0.15, 0.2) is 0 Å². The van der Waals surface area contributed by atoms with Crippen molar-refractivity contribution in [2.24, 2.45) is 0 Å². The van der Waals surface area contributed by atoms with Crippen LogP contribution in [-0.2, 0) is 10.0 Å². The van der Waals surface area contributed by atoms with Crippen LogP contribution < -0.4 is 4.72 Å². The minimum atomic E-state index is -3.27. The predicted molar refractivity (Wildman–Crippen MR) is 124 cm³/mol. The quantitative estimate of drug-likeness (QED) is 0.305. The highest BCUT2D eigenvalue weighted by atomic mass is 32.2. The second kappa shape index (κ2) is 13.2. The molecule has 0 aliphatic carbocycles. The van der Waals surface area contributed by atoms with Gasteiger partial charge >= 0.3 is 0 Å². The van der Waals surface area contributed by atoms with Gasteiger partial charge in [0, 0.05) is 0 Å². The van der Waals surface area contributed by atoms with E-state index in [2.05, 4.69) is 38.5 Å². The van der Waals surface area contributed by atoms with Crippen molar-refractivity contribution in [3.05, 3.63) is 28.8 Å². The van der Waals surface area contributed by atoms with Crippen molar-refractivity contribution >= 4 is 15.7 Å². The summed E-state index contributed by atoms with van der Waals surface area (Å²) in [5.74, 6) is 0.601. The van der Waals surface area contributed by atoms with E-state index in [0.29, 0.717) is 5.92 Å². The number of hydrogen-bond donors (Lipinski definition) is 1. The Morgan fingerprint density at radius 3 is 1.79 bits per heavy atom. The standard InChI is InChI=1S/C24H43NO2S/c1-6-7-8-9-10-11-12-13-14-15-16-17-28(26,27)25-24-19-23(20(2)3)21(4)18-22(24)5/h18-20,25H,6-17H2,1-5H3. The van der Waals surface area contributed by atoms with Gasteiger partial charge in [-0.25, -0.2) is 8.42 Å². The first-order valence-corrected chi connectivity index (χ1v) is 13.0. The van der Waals surface area contributed by atoms with Gasteiger partial charge < -0.3 is 0 Å². The van der Waals surface area contributed by atoms with Crippen molar-refractivity contribution in [2.45, 2.75) is 111 Å². The smallest absolute Gasteiger partial charge is 0.232 e. The summed E-state index contributed by atoms with van der Waals surface area (Å²) in [6, 6.07) is 4.09. The Hall–Kier alpha value is -1.03. The minimum Gasteiger partial charge on any atom is -0.283 e. The van der Waals surface area contributed by atoms with Gasteiger partial charge in [-0.1, -0.05) is 91.0 Å². The largest absolute Gasteiger partial charge is 0.283 e. The first-order chi connectivity index (χ1) is 13.3. The van der Waals surface area contributed by atoms with E-state index in [4.69, 9.17) is 0 Å². The fraction of sp³-hybridized carbons (Fsp3) is 0.750. The molecular weight excluding hydrogens is 366 g/mol. The third kappa shape index (κ3) is 9.95. The van der Waals surface area contributed by atoms with E-state index < -0.39 is 10.0 Å². The molecular formula is C24H43NO2S. The molecule has 0 unspecified atom stereocenters. The van der Waals surface area contributed by atoms with Crippen molar-refractivity contribution in [1.29, 1.82) is 0 Å². The zero-order chi connectivity index (χ0) is 21.0. The molecule has 0 heterocycles. The van der Waals surface area contributed by atoms with Crippen molar-refractivity contribution in [2.75, 3.05) is 10.5 Å². The summed E-state index contributed by atoms with van der Waals surface area (Å²) in [5, 5.41) is 0. The molecule has 0 radical (unpaired) electrons. The maximum absolute atomic E-state index is 12.5. The molecule has 0 saturated heterocycles. The summed E-state index contributed by atoms with van der Waals surface area (Å²) >= 11 is 0. The highest BCUT2D eigenvalue weighted by molar-refractivity contribution is 7.92. The molecule has 1 N–H and O–H groups in total. The average molecular weight is 410 g/mol. The normalized spacial score (nSPS) is 11.9. The third-order valence-corrected chi connectivity index (χ3v) is 6.87. The SMILES string of the molecule is CCCCCCCCCCCCCS(=O)(=O)Nc1cc(C(C)C)c(C)cc1C. The van der Waals surface area contributed by atoms with Crippen molar-refractivity contribution in [1.82, 2.24) is 0 Å². The summed E-state index contributed by atoms with van der Waals surface area (Å²) in [4.78, 5) is 0. The summed E-state index contributed by atoms with van der Waals surface area (Å²) in [7, 11) is -3.27. The minimum absolute atomic E-state index is 0.217. The number of hydrogen-bond acceptors (Lipinski definition) is 2. The van der Waals surface area contributed by atoms with Gasteiger partial charge in [-0.2, -0.15) is 0 Å². The summed E-state index contributed by atoms with van der Waals surface area (Å²) in [6.07, 6.45) is 13.5. The molecule has 1 aromatic carbocycles. The van der Waals surface area contributed by atoms with Crippen molar-refractivity contribution in [3.8, 4) is 0 Å². The molecule has 1 rings (SSSR count). The van der Waals surface area contributed by atoms with E-state index in [-0.39, 0.29) is 5.75 Å². The molecule has 0 aliphatic heterocycles. The van der Waals surface area contributed by atoms with E-state index >= 15 is 0 Å². The number of benzene rings is 1. The maximum atomic E-state index is 12.5. The van der Waals surface area contributed by atoms with Crippen LogP contribution in [0.5, 0.6) is 0 Å². The Morgan fingerprint density at radius 2 is 1.29 bits per heavy atom. The second-order valence-electron chi connectivity index (χ2n) is 8.63. The molecule has 162 valence electrons. The molecule has 0 fully saturated rings. The lowest BCUT2D eigenvalue weighted by Crippen LogP contribution is -2.17. The molecule has 0 aromatic heterocycles. The van der Waals surface area contributed by atoms with Crippen LogP contribution in [-0.4, -0.2) is 14.2 Å². The van der Waals surface area contributed by atoms with Gasteiger partial charge in [0.25, 0.3) is 0 Å².